The number of ether oxygens (including phenoxy) is 2. The van der Waals surface area contributed by atoms with E-state index < -0.39 is 12.0 Å². The number of hydrogen-bond donors (Lipinski definition) is 0. The van der Waals surface area contributed by atoms with Gasteiger partial charge in [0, 0.05) is 14.9 Å². The highest BCUT2D eigenvalue weighted by molar-refractivity contribution is 14.1. The second-order valence-corrected chi connectivity index (χ2v) is 14.9. The summed E-state index contributed by atoms with van der Waals surface area (Å²) < 4.78 is 16.8. The molecule has 0 N–H and O–H groups in total. The van der Waals surface area contributed by atoms with E-state index in [0.29, 0.717) is 27.2 Å². The topological polar surface area (TPSA) is 69.9 Å². The van der Waals surface area contributed by atoms with Crippen molar-refractivity contribution in [2.75, 3.05) is 6.61 Å². The van der Waals surface area contributed by atoms with E-state index in [-0.39, 0.29) is 12.2 Å². The van der Waals surface area contributed by atoms with Gasteiger partial charge in [-0.1, -0.05) is 75.8 Å². The predicted molar refractivity (Wildman–Crippen MR) is 196 cm³/mol. The summed E-state index contributed by atoms with van der Waals surface area (Å²) in [5.41, 5.74) is 3.41. The SMILES string of the molecule is CCOC(=O)C1=C(c2ccccc2)N=c2s/c(=C\c3cc(I)c(OCc4ccc(Br)cc4)c(I)c3)c(=O)n2[C@H]1c1cccs1. The van der Waals surface area contributed by atoms with Gasteiger partial charge in [0.05, 0.1) is 29.5 Å². The van der Waals surface area contributed by atoms with Crippen molar-refractivity contribution in [3.05, 3.63) is 143 Å². The molecule has 0 saturated heterocycles. The van der Waals surface area contributed by atoms with E-state index in [2.05, 4.69) is 61.1 Å². The van der Waals surface area contributed by atoms with Gasteiger partial charge in [-0.05, 0) is 105 Å². The molecular weight excluding hydrogens is 886 g/mol. The van der Waals surface area contributed by atoms with Crippen LogP contribution in [0.2, 0.25) is 0 Å². The molecule has 2 aromatic heterocycles. The van der Waals surface area contributed by atoms with Crippen LogP contribution in [0.5, 0.6) is 5.75 Å². The van der Waals surface area contributed by atoms with Gasteiger partial charge in [0.1, 0.15) is 18.4 Å². The van der Waals surface area contributed by atoms with Crippen LogP contribution in [0, 0.1) is 7.14 Å². The summed E-state index contributed by atoms with van der Waals surface area (Å²) in [4.78, 5) is 33.9. The molecule has 0 amide bonds. The molecule has 11 heteroatoms. The fourth-order valence-corrected chi connectivity index (χ4v) is 9.06. The minimum absolute atomic E-state index is 0.207. The molecule has 6 rings (SSSR count). The minimum atomic E-state index is -0.655. The summed E-state index contributed by atoms with van der Waals surface area (Å²) in [6, 6.07) is 24.8. The van der Waals surface area contributed by atoms with Gasteiger partial charge in [-0.2, -0.15) is 0 Å². The summed E-state index contributed by atoms with van der Waals surface area (Å²) in [6.45, 7) is 2.44. The van der Waals surface area contributed by atoms with Crippen LogP contribution in [0.4, 0.5) is 0 Å². The lowest BCUT2D eigenvalue weighted by Gasteiger charge is -2.24. The number of esters is 1. The number of rotatable bonds is 8. The maximum Gasteiger partial charge on any atom is 0.338 e. The highest BCUT2D eigenvalue weighted by atomic mass is 127. The van der Waals surface area contributed by atoms with E-state index in [1.807, 2.05) is 90.3 Å². The molecule has 1 atom stereocenters. The van der Waals surface area contributed by atoms with E-state index in [9.17, 15) is 9.59 Å². The van der Waals surface area contributed by atoms with Crippen LogP contribution in [0.25, 0.3) is 11.8 Å². The van der Waals surface area contributed by atoms with Gasteiger partial charge < -0.3 is 9.47 Å². The molecule has 3 heterocycles. The smallest absolute Gasteiger partial charge is 0.338 e. The Morgan fingerprint density at radius 1 is 1.05 bits per heavy atom. The van der Waals surface area contributed by atoms with Crippen molar-refractivity contribution in [1.29, 1.82) is 0 Å². The monoisotopic (exact) mass is 908 g/mol. The molecule has 0 radical (unpaired) electrons. The number of aromatic nitrogens is 1. The average molecular weight is 909 g/mol. The van der Waals surface area contributed by atoms with Crippen LogP contribution >= 0.6 is 83.8 Å². The Kier molecular flexibility index (Phi) is 9.86. The lowest BCUT2D eigenvalue weighted by Crippen LogP contribution is -2.39. The van der Waals surface area contributed by atoms with Crippen LogP contribution in [0.3, 0.4) is 0 Å². The molecule has 0 fully saturated rings. The number of carbonyl (C=O) groups is 1. The van der Waals surface area contributed by atoms with Gasteiger partial charge >= 0.3 is 5.97 Å². The highest BCUT2D eigenvalue weighted by Gasteiger charge is 2.35. The molecule has 1 aliphatic rings. The third-order valence-electron chi connectivity index (χ3n) is 6.80. The number of halogens is 3. The molecule has 0 spiro atoms. The standard InChI is InChI=1S/C33H23BrI2N2O4S2/c1-2-41-32(40)27-28(21-7-4-3-5-8-21)37-33-38(29(27)25-9-6-14-43-25)31(39)26(44-33)17-20-15-23(35)30(24(36)16-20)42-18-19-10-12-22(34)13-11-19/h3-17,29H,2,18H2,1H3/b26-17-/t29-/m0/s1. The second kappa shape index (κ2) is 13.8. The lowest BCUT2D eigenvalue weighted by molar-refractivity contribution is -0.138. The molecule has 1 aliphatic heterocycles. The molecule has 5 aromatic rings. The first kappa shape index (κ1) is 31.4. The zero-order chi connectivity index (χ0) is 30.8. The van der Waals surface area contributed by atoms with E-state index in [4.69, 9.17) is 14.5 Å². The number of thiophene rings is 1. The maximum absolute atomic E-state index is 14.1. The average Bonchev–Trinajstić information content (AvgIpc) is 3.66. The largest absolute Gasteiger partial charge is 0.487 e. The van der Waals surface area contributed by atoms with Gasteiger partial charge in [0.2, 0.25) is 0 Å². The Hall–Kier alpha value is -2.59. The van der Waals surface area contributed by atoms with Crippen molar-refractivity contribution in [3.63, 3.8) is 0 Å². The van der Waals surface area contributed by atoms with E-state index in [1.54, 1.807) is 11.5 Å². The van der Waals surface area contributed by atoms with E-state index in [1.165, 1.54) is 22.7 Å². The third-order valence-corrected chi connectivity index (χ3v) is 10.8. The minimum Gasteiger partial charge on any atom is -0.487 e. The van der Waals surface area contributed by atoms with Crippen LogP contribution < -0.4 is 19.6 Å². The van der Waals surface area contributed by atoms with Gasteiger partial charge in [-0.25, -0.2) is 9.79 Å². The first-order valence-corrected chi connectivity index (χ1v) is 18.2. The fourth-order valence-electron chi connectivity index (χ4n) is 4.84. The molecule has 6 nitrogen and oxygen atoms in total. The Balaban J connectivity index is 1.45. The van der Waals surface area contributed by atoms with Gasteiger partial charge in [0.15, 0.2) is 4.80 Å². The van der Waals surface area contributed by atoms with Crippen molar-refractivity contribution in [3.8, 4) is 5.75 Å². The Morgan fingerprint density at radius 2 is 1.77 bits per heavy atom. The zero-order valence-corrected chi connectivity index (χ0v) is 30.7. The zero-order valence-electron chi connectivity index (χ0n) is 23.1. The van der Waals surface area contributed by atoms with Crippen molar-refractivity contribution in [1.82, 2.24) is 4.57 Å². The summed E-state index contributed by atoms with van der Waals surface area (Å²) in [5.74, 6) is 0.322. The van der Waals surface area contributed by atoms with Crippen molar-refractivity contribution in [2.24, 2.45) is 4.99 Å². The number of thiazole rings is 1. The molecule has 0 saturated carbocycles. The van der Waals surface area contributed by atoms with Gasteiger partial charge in [-0.3, -0.25) is 9.36 Å². The maximum atomic E-state index is 14.1. The fraction of sp³-hybridized carbons (Fsp3) is 0.121. The van der Waals surface area contributed by atoms with Crippen LogP contribution in [-0.4, -0.2) is 17.1 Å². The van der Waals surface area contributed by atoms with Gasteiger partial charge in [-0.15, -0.1) is 11.3 Å². The number of hydrogen-bond acceptors (Lipinski definition) is 7. The number of benzene rings is 3. The van der Waals surface area contributed by atoms with Crippen molar-refractivity contribution < 1.29 is 14.3 Å². The predicted octanol–water partition coefficient (Wildman–Crippen LogP) is 7.55. The summed E-state index contributed by atoms with van der Waals surface area (Å²) in [7, 11) is 0. The number of fused-ring (bicyclic) bond motifs is 1. The van der Waals surface area contributed by atoms with Gasteiger partial charge in [0.25, 0.3) is 5.56 Å². The number of carbonyl (C=O) groups excluding carboxylic acids is 1. The molecule has 0 unspecified atom stereocenters. The van der Waals surface area contributed by atoms with E-state index in [0.717, 1.165) is 38.9 Å². The molecule has 0 aliphatic carbocycles. The molecule has 222 valence electrons. The quantitative estimate of drug-likeness (QED) is 0.119. The Bertz CT molecular complexity index is 2030. The van der Waals surface area contributed by atoms with Crippen LogP contribution in [0.15, 0.2) is 104 Å². The van der Waals surface area contributed by atoms with Crippen LogP contribution in [-0.2, 0) is 16.1 Å². The summed E-state index contributed by atoms with van der Waals surface area (Å²) >= 11 is 10.8. The molecule has 44 heavy (non-hydrogen) atoms. The Morgan fingerprint density at radius 3 is 2.43 bits per heavy atom. The van der Waals surface area contributed by atoms with E-state index >= 15 is 0 Å². The highest BCUT2D eigenvalue weighted by Crippen LogP contribution is 2.37. The second-order valence-electron chi connectivity index (χ2n) is 9.68. The first-order chi connectivity index (χ1) is 21.3. The molecular formula is C33H23BrI2N2O4S2. The lowest BCUT2D eigenvalue weighted by atomic mass is 9.97. The third kappa shape index (κ3) is 6.52. The molecule has 3 aromatic carbocycles. The Labute approximate surface area is 297 Å². The van der Waals surface area contributed by atoms with Crippen molar-refractivity contribution in [2.45, 2.75) is 19.6 Å². The first-order valence-electron chi connectivity index (χ1n) is 13.5. The van der Waals surface area contributed by atoms with Crippen molar-refractivity contribution >= 4 is 102 Å². The normalized spacial score (nSPS) is 14.7. The summed E-state index contributed by atoms with van der Waals surface area (Å²) in [5, 5.41) is 1.94. The summed E-state index contributed by atoms with van der Waals surface area (Å²) in [6.07, 6.45) is 1.88. The number of nitrogens with zero attached hydrogens (tertiary/aromatic N) is 2. The van der Waals surface area contributed by atoms with Crippen LogP contribution in [0.1, 0.15) is 34.5 Å². The molecule has 0 bridgehead atoms.